The van der Waals surface area contributed by atoms with Gasteiger partial charge in [0.1, 0.15) is 0 Å². The van der Waals surface area contributed by atoms with Crippen molar-refractivity contribution in [2.24, 2.45) is 34.0 Å². The fraction of sp³-hybridized carbons (Fsp3) is 0.800. The van der Waals surface area contributed by atoms with Gasteiger partial charge in [-0.2, -0.15) is 0 Å². The minimum Gasteiger partial charge on any atom is -0.481 e. The summed E-state index contributed by atoms with van der Waals surface area (Å²) < 4.78 is 0. The van der Waals surface area contributed by atoms with E-state index in [1.165, 1.54) is 0 Å². The number of hydrogen-bond acceptors (Lipinski definition) is 2. The topological polar surface area (TPSA) is 54.4 Å². The molecule has 3 saturated carbocycles. The molecule has 0 aromatic rings. The van der Waals surface area contributed by atoms with E-state index in [0.29, 0.717) is 0 Å². The molecule has 3 nitrogen and oxygen atoms in total. The lowest BCUT2D eigenvalue weighted by Crippen LogP contribution is -2.61. The molecule has 3 rings (SSSR count). The molecular formula is C20H30O3. The summed E-state index contributed by atoms with van der Waals surface area (Å²) in [6, 6.07) is 0. The fourth-order valence-electron chi connectivity index (χ4n) is 6.47. The van der Waals surface area contributed by atoms with Crippen molar-refractivity contribution in [3.63, 3.8) is 0 Å². The van der Waals surface area contributed by atoms with E-state index in [1.54, 1.807) is 0 Å². The molecule has 0 amide bonds. The Hall–Kier alpha value is -1.12. The number of carboxylic acid groups (broad SMARTS) is 1. The summed E-state index contributed by atoms with van der Waals surface area (Å²) in [6.45, 7) is 12.5. The van der Waals surface area contributed by atoms with E-state index in [4.69, 9.17) is 0 Å². The molecule has 3 aliphatic rings. The monoisotopic (exact) mass is 318 g/mol. The second-order valence-electron chi connectivity index (χ2n) is 9.13. The Balaban J connectivity index is 2.07. The van der Waals surface area contributed by atoms with Gasteiger partial charge in [0.25, 0.3) is 0 Å². The summed E-state index contributed by atoms with van der Waals surface area (Å²) in [5, 5.41) is 9.88. The SMILES string of the molecule is C=C1C(=O)[C@@]2(C)CC[C@H]3[C@@](C)(CCC[C@@]3(C)C(=O)O)[C@@H]2C[C@@H]1C. The summed E-state index contributed by atoms with van der Waals surface area (Å²) in [6.07, 6.45) is 5.40. The van der Waals surface area contributed by atoms with Crippen LogP contribution in [0.3, 0.4) is 0 Å². The zero-order valence-electron chi connectivity index (χ0n) is 14.9. The van der Waals surface area contributed by atoms with E-state index in [0.717, 1.165) is 44.1 Å². The van der Waals surface area contributed by atoms with Gasteiger partial charge in [0.2, 0.25) is 0 Å². The Morgan fingerprint density at radius 2 is 1.83 bits per heavy atom. The van der Waals surface area contributed by atoms with Crippen molar-refractivity contribution in [1.82, 2.24) is 0 Å². The van der Waals surface area contributed by atoms with Gasteiger partial charge in [-0.15, -0.1) is 0 Å². The van der Waals surface area contributed by atoms with E-state index >= 15 is 0 Å². The lowest BCUT2D eigenvalue weighted by molar-refractivity contribution is -0.182. The fourth-order valence-corrected chi connectivity index (χ4v) is 6.47. The molecule has 0 radical (unpaired) electrons. The van der Waals surface area contributed by atoms with Gasteiger partial charge < -0.3 is 5.11 Å². The zero-order chi connectivity index (χ0) is 17.2. The van der Waals surface area contributed by atoms with E-state index in [1.807, 2.05) is 6.92 Å². The van der Waals surface area contributed by atoms with Gasteiger partial charge in [0.05, 0.1) is 5.41 Å². The average molecular weight is 318 g/mol. The number of carbonyl (C=O) groups is 2. The van der Waals surface area contributed by atoms with Crippen LogP contribution in [0, 0.1) is 34.0 Å². The summed E-state index contributed by atoms with van der Waals surface area (Å²) in [5.41, 5.74) is -0.258. The van der Waals surface area contributed by atoms with Crippen molar-refractivity contribution in [2.75, 3.05) is 0 Å². The molecule has 0 aromatic heterocycles. The quantitative estimate of drug-likeness (QED) is 0.726. The summed E-state index contributed by atoms with van der Waals surface area (Å²) in [7, 11) is 0. The van der Waals surface area contributed by atoms with Crippen LogP contribution in [0.1, 0.15) is 66.2 Å². The highest BCUT2D eigenvalue weighted by atomic mass is 16.4. The third-order valence-corrected chi connectivity index (χ3v) is 7.98. The van der Waals surface area contributed by atoms with Crippen LogP contribution < -0.4 is 0 Å². The molecule has 0 aromatic carbocycles. The third kappa shape index (κ3) is 2.01. The number of allylic oxidation sites excluding steroid dienone is 1. The Morgan fingerprint density at radius 3 is 2.43 bits per heavy atom. The average Bonchev–Trinajstić information content (AvgIpc) is 2.47. The van der Waals surface area contributed by atoms with E-state index in [9.17, 15) is 14.7 Å². The molecule has 1 N–H and O–H groups in total. The molecule has 6 atom stereocenters. The zero-order valence-corrected chi connectivity index (χ0v) is 14.9. The molecule has 23 heavy (non-hydrogen) atoms. The van der Waals surface area contributed by atoms with Crippen molar-refractivity contribution in [3.8, 4) is 0 Å². The second-order valence-corrected chi connectivity index (χ2v) is 9.13. The van der Waals surface area contributed by atoms with Crippen LogP contribution in [0.25, 0.3) is 0 Å². The maximum Gasteiger partial charge on any atom is 0.309 e. The summed E-state index contributed by atoms with van der Waals surface area (Å²) >= 11 is 0. The first-order valence-electron chi connectivity index (χ1n) is 9.04. The molecule has 128 valence electrons. The first kappa shape index (κ1) is 16.7. The lowest BCUT2D eigenvalue weighted by atomic mass is 9.40. The Labute approximate surface area is 139 Å². The molecule has 3 aliphatic carbocycles. The lowest BCUT2D eigenvalue weighted by Gasteiger charge is -2.63. The minimum atomic E-state index is -0.656. The highest BCUT2D eigenvalue weighted by molar-refractivity contribution is 6.00. The number of fused-ring (bicyclic) bond motifs is 3. The minimum absolute atomic E-state index is 0.0526. The number of aliphatic carboxylic acids is 1. The predicted molar refractivity (Wildman–Crippen MR) is 89.9 cm³/mol. The molecule has 3 heteroatoms. The standard InChI is InChI=1S/C20H30O3/c1-12-11-15-18(3)8-6-9-20(5,17(22)23)14(18)7-10-19(15,4)16(21)13(12)2/h12,14-15H,2,6-11H2,1,3-5H3,(H,22,23)/t12-,14-,15-,18+,19-,20+/m0/s1. The maximum atomic E-state index is 13.0. The summed E-state index contributed by atoms with van der Waals surface area (Å²) in [4.78, 5) is 25.0. The van der Waals surface area contributed by atoms with Gasteiger partial charge in [-0.05, 0) is 67.8 Å². The number of Topliss-reactive ketones (excluding diaryl/α,β-unsaturated/α-hetero) is 1. The number of hydrogen-bond donors (Lipinski definition) is 1. The highest BCUT2D eigenvalue weighted by Gasteiger charge is 2.64. The highest BCUT2D eigenvalue weighted by Crippen LogP contribution is 2.67. The van der Waals surface area contributed by atoms with Crippen LogP contribution in [0.2, 0.25) is 0 Å². The van der Waals surface area contributed by atoms with Crippen molar-refractivity contribution in [2.45, 2.75) is 66.2 Å². The van der Waals surface area contributed by atoms with Crippen LogP contribution in [-0.2, 0) is 9.59 Å². The Morgan fingerprint density at radius 1 is 1.17 bits per heavy atom. The molecule has 0 heterocycles. The van der Waals surface area contributed by atoms with Crippen molar-refractivity contribution in [3.05, 3.63) is 12.2 Å². The normalized spacial score (nSPS) is 50.2. The van der Waals surface area contributed by atoms with Crippen molar-refractivity contribution in [1.29, 1.82) is 0 Å². The van der Waals surface area contributed by atoms with Crippen LogP contribution in [-0.4, -0.2) is 16.9 Å². The molecule has 0 unspecified atom stereocenters. The smallest absolute Gasteiger partial charge is 0.309 e. The molecule has 0 bridgehead atoms. The first-order chi connectivity index (χ1) is 10.6. The third-order valence-electron chi connectivity index (χ3n) is 7.98. The van der Waals surface area contributed by atoms with Crippen LogP contribution >= 0.6 is 0 Å². The van der Waals surface area contributed by atoms with Gasteiger partial charge in [-0.3, -0.25) is 9.59 Å². The van der Waals surface area contributed by atoms with Crippen LogP contribution in [0.4, 0.5) is 0 Å². The summed E-state index contributed by atoms with van der Waals surface area (Å²) in [5.74, 6) is 0.251. The van der Waals surface area contributed by atoms with Gasteiger partial charge >= 0.3 is 5.97 Å². The van der Waals surface area contributed by atoms with E-state index in [2.05, 4.69) is 27.4 Å². The molecular weight excluding hydrogens is 288 g/mol. The first-order valence-corrected chi connectivity index (χ1v) is 9.04. The Bertz CT molecular complexity index is 579. The van der Waals surface area contributed by atoms with Gasteiger partial charge in [-0.1, -0.05) is 33.8 Å². The number of carbonyl (C=O) groups excluding carboxylic acids is 1. The second kappa shape index (κ2) is 4.94. The predicted octanol–water partition coefficient (Wildman–Crippen LogP) is 4.47. The molecule has 0 aliphatic heterocycles. The van der Waals surface area contributed by atoms with Gasteiger partial charge in [-0.25, -0.2) is 0 Å². The number of ketones is 1. The van der Waals surface area contributed by atoms with E-state index in [-0.39, 0.29) is 34.4 Å². The van der Waals surface area contributed by atoms with Crippen molar-refractivity contribution < 1.29 is 14.7 Å². The molecule has 0 spiro atoms. The molecule has 3 fully saturated rings. The van der Waals surface area contributed by atoms with Gasteiger partial charge in [0.15, 0.2) is 5.78 Å². The van der Waals surface area contributed by atoms with Crippen LogP contribution in [0.15, 0.2) is 12.2 Å². The molecule has 0 saturated heterocycles. The van der Waals surface area contributed by atoms with E-state index < -0.39 is 11.4 Å². The van der Waals surface area contributed by atoms with Crippen molar-refractivity contribution >= 4 is 11.8 Å². The van der Waals surface area contributed by atoms with Gasteiger partial charge in [0, 0.05) is 5.41 Å². The maximum absolute atomic E-state index is 13.0. The Kier molecular flexibility index (Phi) is 3.59. The number of carboxylic acids is 1. The largest absolute Gasteiger partial charge is 0.481 e. The van der Waals surface area contributed by atoms with Crippen LogP contribution in [0.5, 0.6) is 0 Å². The number of rotatable bonds is 1.